The summed E-state index contributed by atoms with van der Waals surface area (Å²) < 4.78 is 0. The van der Waals surface area contributed by atoms with E-state index in [9.17, 15) is 0 Å². The molecule has 0 amide bonds. The Morgan fingerprint density at radius 2 is 1.71 bits per heavy atom. The molecule has 0 unspecified atom stereocenters. The van der Waals surface area contributed by atoms with Crippen molar-refractivity contribution in [2.24, 2.45) is 5.92 Å². The zero-order valence-electron chi connectivity index (χ0n) is 11.5. The van der Waals surface area contributed by atoms with Crippen LogP contribution in [-0.2, 0) is 0 Å². The topological polar surface area (TPSA) is 18.5 Å². The fraction of sp³-hybridized carbons (Fsp3) is 1.00. The number of piperidine rings is 1. The summed E-state index contributed by atoms with van der Waals surface area (Å²) in [6, 6.07) is 0. The molecule has 17 heavy (non-hydrogen) atoms. The molecule has 0 saturated carbocycles. The van der Waals surface area contributed by atoms with Crippen LogP contribution in [0.2, 0.25) is 0 Å². The van der Waals surface area contributed by atoms with Crippen LogP contribution in [-0.4, -0.2) is 62.7 Å². The number of nitrogens with one attached hydrogen (secondary N) is 1. The molecule has 0 aromatic carbocycles. The lowest BCUT2D eigenvalue weighted by molar-refractivity contribution is 0.151. The summed E-state index contributed by atoms with van der Waals surface area (Å²) in [5.41, 5.74) is 0. The van der Waals surface area contributed by atoms with Crippen LogP contribution in [0.1, 0.15) is 32.1 Å². The molecule has 0 aliphatic carbocycles. The molecule has 0 aromatic rings. The van der Waals surface area contributed by atoms with Crippen molar-refractivity contribution >= 4 is 0 Å². The fourth-order valence-corrected chi connectivity index (χ4v) is 3.01. The molecule has 3 heteroatoms. The molecule has 0 spiro atoms. The highest BCUT2D eigenvalue weighted by molar-refractivity contribution is 4.71. The van der Waals surface area contributed by atoms with Crippen LogP contribution in [0, 0.1) is 5.92 Å². The van der Waals surface area contributed by atoms with Crippen molar-refractivity contribution in [1.29, 1.82) is 0 Å². The molecular formula is C14H29N3. The van der Waals surface area contributed by atoms with E-state index in [1.807, 2.05) is 0 Å². The molecule has 1 N–H and O–H groups in total. The molecule has 2 fully saturated rings. The summed E-state index contributed by atoms with van der Waals surface area (Å²) in [5.74, 6) is 1.02. The first-order chi connectivity index (χ1) is 8.34. The zero-order valence-corrected chi connectivity index (χ0v) is 11.5. The highest BCUT2D eigenvalue weighted by Gasteiger charge is 2.14. The average Bonchev–Trinajstić information content (AvgIpc) is 2.38. The maximum atomic E-state index is 3.45. The van der Waals surface area contributed by atoms with Gasteiger partial charge in [-0.3, -0.25) is 0 Å². The van der Waals surface area contributed by atoms with Gasteiger partial charge in [0.25, 0.3) is 0 Å². The monoisotopic (exact) mass is 239 g/mol. The molecule has 2 aliphatic rings. The van der Waals surface area contributed by atoms with Gasteiger partial charge in [-0.15, -0.1) is 0 Å². The lowest BCUT2D eigenvalue weighted by Gasteiger charge is -2.32. The van der Waals surface area contributed by atoms with E-state index in [4.69, 9.17) is 0 Å². The first-order valence-electron chi connectivity index (χ1n) is 7.46. The molecule has 100 valence electrons. The number of hydrogen-bond donors (Lipinski definition) is 1. The lowest BCUT2D eigenvalue weighted by atomic mass is 9.92. The Labute approximate surface area is 107 Å². The van der Waals surface area contributed by atoms with Crippen molar-refractivity contribution in [2.75, 3.05) is 52.9 Å². The Balaban J connectivity index is 1.48. The Hall–Kier alpha value is -0.120. The van der Waals surface area contributed by atoms with E-state index in [0.717, 1.165) is 5.92 Å². The SMILES string of the molecule is CN1CCN(CCCCC2CCNCC2)CC1. The minimum atomic E-state index is 1.02. The van der Waals surface area contributed by atoms with E-state index >= 15 is 0 Å². The lowest BCUT2D eigenvalue weighted by Crippen LogP contribution is -2.44. The second kappa shape index (κ2) is 7.34. The third kappa shape index (κ3) is 4.94. The molecule has 0 bridgehead atoms. The van der Waals surface area contributed by atoms with E-state index in [0.29, 0.717) is 0 Å². The molecule has 2 heterocycles. The van der Waals surface area contributed by atoms with E-state index in [1.165, 1.54) is 77.9 Å². The molecular weight excluding hydrogens is 210 g/mol. The Morgan fingerprint density at radius 1 is 1.00 bits per heavy atom. The summed E-state index contributed by atoms with van der Waals surface area (Å²) in [6.45, 7) is 8.92. The van der Waals surface area contributed by atoms with Gasteiger partial charge in [0.1, 0.15) is 0 Å². The normalized spacial score (nSPS) is 25.2. The number of hydrogen-bond acceptors (Lipinski definition) is 3. The van der Waals surface area contributed by atoms with Crippen LogP contribution in [0.15, 0.2) is 0 Å². The maximum absolute atomic E-state index is 3.45. The van der Waals surface area contributed by atoms with Gasteiger partial charge >= 0.3 is 0 Å². The van der Waals surface area contributed by atoms with Gasteiger partial charge in [-0.25, -0.2) is 0 Å². The Morgan fingerprint density at radius 3 is 2.41 bits per heavy atom. The predicted octanol–water partition coefficient (Wildman–Crippen LogP) is 1.40. The van der Waals surface area contributed by atoms with Crippen molar-refractivity contribution in [2.45, 2.75) is 32.1 Å². The van der Waals surface area contributed by atoms with Crippen LogP contribution >= 0.6 is 0 Å². The second-order valence-electron chi connectivity index (χ2n) is 5.83. The summed E-state index contributed by atoms with van der Waals surface area (Å²) in [4.78, 5) is 5.08. The van der Waals surface area contributed by atoms with Crippen LogP contribution < -0.4 is 5.32 Å². The van der Waals surface area contributed by atoms with Gasteiger partial charge in [0, 0.05) is 26.2 Å². The smallest absolute Gasteiger partial charge is 0.0110 e. The van der Waals surface area contributed by atoms with Gasteiger partial charge in [0.05, 0.1) is 0 Å². The van der Waals surface area contributed by atoms with Crippen LogP contribution in [0.25, 0.3) is 0 Å². The summed E-state index contributed by atoms with van der Waals surface area (Å²) >= 11 is 0. The second-order valence-corrected chi connectivity index (χ2v) is 5.83. The van der Waals surface area contributed by atoms with E-state index in [-0.39, 0.29) is 0 Å². The minimum absolute atomic E-state index is 1.02. The van der Waals surface area contributed by atoms with Gasteiger partial charge in [0.2, 0.25) is 0 Å². The van der Waals surface area contributed by atoms with Crippen molar-refractivity contribution in [3.63, 3.8) is 0 Å². The Bertz CT molecular complexity index is 194. The van der Waals surface area contributed by atoms with Crippen LogP contribution in [0.4, 0.5) is 0 Å². The third-order valence-corrected chi connectivity index (χ3v) is 4.39. The first kappa shape index (κ1) is 13.3. The fourth-order valence-electron chi connectivity index (χ4n) is 3.01. The average molecular weight is 239 g/mol. The minimum Gasteiger partial charge on any atom is -0.317 e. The standard InChI is InChI=1S/C14H29N3/c1-16-10-12-17(13-11-16)9-3-2-4-14-5-7-15-8-6-14/h14-15H,2-13H2,1H3. The molecule has 0 aromatic heterocycles. The third-order valence-electron chi connectivity index (χ3n) is 4.39. The largest absolute Gasteiger partial charge is 0.317 e. The maximum Gasteiger partial charge on any atom is 0.0110 e. The highest BCUT2D eigenvalue weighted by atomic mass is 15.2. The number of nitrogens with zero attached hydrogens (tertiary/aromatic N) is 2. The number of unbranched alkanes of at least 4 members (excludes halogenated alkanes) is 1. The predicted molar refractivity (Wildman–Crippen MR) is 73.4 cm³/mol. The number of rotatable bonds is 5. The van der Waals surface area contributed by atoms with Gasteiger partial charge < -0.3 is 15.1 Å². The van der Waals surface area contributed by atoms with Crippen LogP contribution in [0.3, 0.4) is 0 Å². The summed E-state index contributed by atoms with van der Waals surface area (Å²) in [5, 5.41) is 3.45. The molecule has 2 saturated heterocycles. The number of likely N-dealkylation sites (N-methyl/N-ethyl adjacent to an activating group) is 1. The Kier molecular flexibility index (Phi) is 5.75. The van der Waals surface area contributed by atoms with Crippen LogP contribution in [0.5, 0.6) is 0 Å². The summed E-state index contributed by atoms with van der Waals surface area (Å²) in [6.07, 6.45) is 7.14. The van der Waals surface area contributed by atoms with E-state index in [1.54, 1.807) is 0 Å². The van der Waals surface area contributed by atoms with E-state index in [2.05, 4.69) is 22.2 Å². The van der Waals surface area contributed by atoms with Crippen molar-refractivity contribution in [3.05, 3.63) is 0 Å². The molecule has 0 atom stereocenters. The van der Waals surface area contributed by atoms with E-state index < -0.39 is 0 Å². The first-order valence-corrected chi connectivity index (χ1v) is 7.46. The highest BCUT2D eigenvalue weighted by Crippen LogP contribution is 2.18. The van der Waals surface area contributed by atoms with Crippen molar-refractivity contribution in [1.82, 2.24) is 15.1 Å². The molecule has 2 aliphatic heterocycles. The molecule has 0 radical (unpaired) electrons. The zero-order chi connectivity index (χ0) is 11.9. The quantitative estimate of drug-likeness (QED) is 0.732. The molecule has 3 nitrogen and oxygen atoms in total. The molecule has 2 rings (SSSR count). The summed E-state index contributed by atoms with van der Waals surface area (Å²) in [7, 11) is 2.23. The van der Waals surface area contributed by atoms with Gasteiger partial charge in [0.15, 0.2) is 0 Å². The van der Waals surface area contributed by atoms with Gasteiger partial charge in [-0.05, 0) is 51.9 Å². The van der Waals surface area contributed by atoms with Crippen molar-refractivity contribution < 1.29 is 0 Å². The van der Waals surface area contributed by atoms with Gasteiger partial charge in [-0.1, -0.05) is 12.8 Å². The van der Waals surface area contributed by atoms with Gasteiger partial charge in [-0.2, -0.15) is 0 Å². The number of piperazine rings is 1. The van der Waals surface area contributed by atoms with Crippen molar-refractivity contribution in [3.8, 4) is 0 Å².